The molecule has 1 amide bonds. The fourth-order valence-electron chi connectivity index (χ4n) is 4.30. The predicted octanol–water partition coefficient (Wildman–Crippen LogP) is 5.11. The molecule has 0 aliphatic carbocycles. The average molecular weight is 529 g/mol. The average Bonchev–Trinajstić information content (AvgIpc) is 2.85. The van der Waals surface area contributed by atoms with Gasteiger partial charge in [0, 0.05) is 5.02 Å². The van der Waals surface area contributed by atoms with Crippen molar-refractivity contribution in [3.63, 3.8) is 0 Å². The first-order chi connectivity index (χ1) is 17.0. The van der Waals surface area contributed by atoms with E-state index in [1.807, 2.05) is 27.7 Å². The molecule has 1 aliphatic rings. The van der Waals surface area contributed by atoms with E-state index in [1.165, 1.54) is 35.2 Å². The van der Waals surface area contributed by atoms with Crippen molar-refractivity contribution in [1.29, 1.82) is 0 Å². The van der Waals surface area contributed by atoms with Crippen LogP contribution in [0.1, 0.15) is 35.2 Å². The smallest absolute Gasteiger partial charge is 0.264 e. The molecule has 36 heavy (non-hydrogen) atoms. The molecule has 0 saturated heterocycles. The van der Waals surface area contributed by atoms with E-state index >= 15 is 0 Å². The molecule has 0 saturated carbocycles. The molecule has 1 aliphatic heterocycles. The first-order valence-corrected chi connectivity index (χ1v) is 13.3. The molecule has 190 valence electrons. The second-order valence-electron chi connectivity index (χ2n) is 8.95. The van der Waals surface area contributed by atoms with E-state index in [4.69, 9.17) is 21.1 Å². The highest BCUT2D eigenvalue weighted by Crippen LogP contribution is 2.39. The number of nitrogens with one attached hydrogen (secondary N) is 1. The number of hydrogen-bond donors (Lipinski definition) is 1. The Morgan fingerprint density at radius 1 is 1.06 bits per heavy atom. The molecule has 9 heteroatoms. The first kappa shape index (κ1) is 25.9. The van der Waals surface area contributed by atoms with Gasteiger partial charge in [-0.1, -0.05) is 23.7 Å². The third-order valence-electron chi connectivity index (χ3n) is 6.44. The second-order valence-corrected chi connectivity index (χ2v) is 11.3. The molecule has 0 fully saturated rings. The van der Waals surface area contributed by atoms with Gasteiger partial charge in [0.05, 0.1) is 30.3 Å². The third-order valence-corrected chi connectivity index (χ3v) is 8.47. The van der Waals surface area contributed by atoms with Crippen molar-refractivity contribution in [3.8, 4) is 11.5 Å². The largest absolute Gasteiger partial charge is 0.497 e. The highest BCUT2D eigenvalue weighted by Gasteiger charge is 2.38. The lowest BCUT2D eigenvalue weighted by molar-refractivity contribution is -0.128. The van der Waals surface area contributed by atoms with Crippen molar-refractivity contribution in [2.24, 2.45) is 0 Å². The molecule has 2 atom stereocenters. The van der Waals surface area contributed by atoms with Gasteiger partial charge in [-0.05, 0) is 92.4 Å². The van der Waals surface area contributed by atoms with Gasteiger partial charge >= 0.3 is 0 Å². The van der Waals surface area contributed by atoms with E-state index in [-0.39, 0.29) is 28.9 Å². The highest BCUT2D eigenvalue weighted by atomic mass is 35.5. The predicted molar refractivity (Wildman–Crippen MR) is 141 cm³/mol. The standard InChI is InChI=1S/C27H29ClN2O5S/c1-16-12-18(3)23(13-17(16)2)19(4)29-27(31)26-15-30(24-14-20(28)6-11-25(24)35-26)36(32,33)22-9-7-21(34-5)8-10-22/h6-14,19,26H,15H2,1-5H3,(H,29,31)/t19-,26+/m0/s1. The molecule has 0 radical (unpaired) electrons. The molecular formula is C27H29ClN2O5S. The van der Waals surface area contributed by atoms with E-state index in [0.29, 0.717) is 10.8 Å². The van der Waals surface area contributed by atoms with Crippen LogP contribution in [0.25, 0.3) is 0 Å². The van der Waals surface area contributed by atoms with E-state index < -0.39 is 22.0 Å². The maximum Gasteiger partial charge on any atom is 0.264 e. The summed E-state index contributed by atoms with van der Waals surface area (Å²) in [5, 5.41) is 3.35. The molecule has 0 spiro atoms. The van der Waals surface area contributed by atoms with Crippen molar-refractivity contribution < 1.29 is 22.7 Å². The number of amides is 1. The molecule has 4 rings (SSSR count). The molecule has 1 heterocycles. The molecule has 3 aromatic rings. The highest BCUT2D eigenvalue weighted by molar-refractivity contribution is 7.92. The Hall–Kier alpha value is -3.23. The fraction of sp³-hybridized carbons (Fsp3) is 0.296. The Balaban J connectivity index is 1.64. The van der Waals surface area contributed by atoms with Gasteiger partial charge in [0.2, 0.25) is 0 Å². The Morgan fingerprint density at radius 3 is 2.39 bits per heavy atom. The first-order valence-electron chi connectivity index (χ1n) is 11.5. The zero-order valence-electron chi connectivity index (χ0n) is 20.8. The summed E-state index contributed by atoms with van der Waals surface area (Å²) in [7, 11) is -2.51. The zero-order valence-corrected chi connectivity index (χ0v) is 22.4. The van der Waals surface area contributed by atoms with Crippen LogP contribution in [0.2, 0.25) is 5.02 Å². The van der Waals surface area contributed by atoms with Gasteiger partial charge < -0.3 is 14.8 Å². The number of anilines is 1. The second kappa shape index (κ2) is 10.0. The van der Waals surface area contributed by atoms with E-state index in [1.54, 1.807) is 24.3 Å². The van der Waals surface area contributed by atoms with Gasteiger partial charge in [0.1, 0.15) is 11.5 Å². The Kier molecular flexibility index (Phi) is 7.20. The summed E-state index contributed by atoms with van der Waals surface area (Å²) < 4.78 is 39.6. The van der Waals surface area contributed by atoms with Crippen molar-refractivity contribution >= 4 is 33.2 Å². The van der Waals surface area contributed by atoms with Crippen LogP contribution in [0.4, 0.5) is 5.69 Å². The SMILES string of the molecule is COc1ccc(S(=O)(=O)N2C[C@H](C(=O)N[C@@H](C)c3cc(C)c(C)cc3C)Oc3ccc(Cl)cc32)cc1. The van der Waals surface area contributed by atoms with Crippen LogP contribution >= 0.6 is 11.6 Å². The monoisotopic (exact) mass is 528 g/mol. The summed E-state index contributed by atoms with van der Waals surface area (Å²) in [6.45, 7) is 7.78. The number of carbonyl (C=O) groups is 1. The normalized spacial score (nSPS) is 16.1. The number of halogens is 1. The van der Waals surface area contributed by atoms with E-state index in [0.717, 1.165) is 16.7 Å². The summed E-state index contributed by atoms with van der Waals surface area (Å²) >= 11 is 6.18. The molecular weight excluding hydrogens is 500 g/mol. The van der Waals surface area contributed by atoms with Crippen LogP contribution in [-0.2, 0) is 14.8 Å². The number of sulfonamides is 1. The number of hydrogen-bond acceptors (Lipinski definition) is 5. The van der Waals surface area contributed by atoms with E-state index in [9.17, 15) is 13.2 Å². The van der Waals surface area contributed by atoms with Crippen LogP contribution in [0, 0.1) is 20.8 Å². The van der Waals surface area contributed by atoms with Gasteiger partial charge in [-0.25, -0.2) is 8.42 Å². The summed E-state index contributed by atoms with van der Waals surface area (Å²) in [6.07, 6.45) is -1.05. The Morgan fingerprint density at radius 2 is 1.72 bits per heavy atom. The lowest BCUT2D eigenvalue weighted by Gasteiger charge is -2.35. The molecule has 0 aromatic heterocycles. The lowest BCUT2D eigenvalue weighted by atomic mass is 9.96. The fourth-order valence-corrected chi connectivity index (χ4v) is 5.93. The van der Waals surface area contributed by atoms with Crippen molar-refractivity contribution in [2.75, 3.05) is 18.0 Å². The summed E-state index contributed by atoms with van der Waals surface area (Å²) in [5.74, 6) is 0.390. The number of methoxy groups -OCH3 is 1. The molecule has 7 nitrogen and oxygen atoms in total. The van der Waals surface area contributed by atoms with Crippen LogP contribution < -0.4 is 19.1 Å². The number of aryl methyl sites for hydroxylation is 3. The minimum absolute atomic E-state index is 0.0643. The van der Waals surface area contributed by atoms with Crippen molar-refractivity contribution in [3.05, 3.63) is 81.9 Å². The van der Waals surface area contributed by atoms with Gasteiger partial charge in [-0.3, -0.25) is 9.10 Å². The maximum absolute atomic E-state index is 13.6. The molecule has 1 N–H and O–H groups in total. The number of fused-ring (bicyclic) bond motifs is 1. The van der Waals surface area contributed by atoms with Crippen LogP contribution in [0.3, 0.4) is 0 Å². The van der Waals surface area contributed by atoms with Gasteiger partial charge in [-0.2, -0.15) is 0 Å². The number of rotatable bonds is 6. The lowest BCUT2D eigenvalue weighted by Crippen LogP contribution is -2.51. The molecule has 3 aromatic carbocycles. The molecule has 0 bridgehead atoms. The quantitative estimate of drug-likeness (QED) is 0.480. The minimum Gasteiger partial charge on any atom is -0.497 e. The topological polar surface area (TPSA) is 84.9 Å². The third kappa shape index (κ3) is 5.01. The van der Waals surface area contributed by atoms with Gasteiger partial charge in [0.25, 0.3) is 15.9 Å². The summed E-state index contributed by atoms with van der Waals surface area (Å²) in [4.78, 5) is 13.4. The summed E-state index contributed by atoms with van der Waals surface area (Å²) in [6, 6.07) is 14.6. The van der Waals surface area contributed by atoms with Crippen molar-refractivity contribution in [2.45, 2.75) is 44.7 Å². The minimum atomic E-state index is -4.02. The van der Waals surface area contributed by atoms with Gasteiger partial charge in [0.15, 0.2) is 6.10 Å². The maximum atomic E-state index is 13.6. The van der Waals surface area contributed by atoms with Crippen LogP contribution in [0.5, 0.6) is 11.5 Å². The Labute approximate surface area is 217 Å². The van der Waals surface area contributed by atoms with Crippen molar-refractivity contribution in [1.82, 2.24) is 5.32 Å². The number of nitrogens with zero attached hydrogens (tertiary/aromatic N) is 1. The zero-order chi connectivity index (χ0) is 26.2. The van der Waals surface area contributed by atoms with Crippen LogP contribution in [0.15, 0.2) is 59.5 Å². The summed E-state index contributed by atoms with van der Waals surface area (Å²) in [5.41, 5.74) is 4.66. The van der Waals surface area contributed by atoms with Gasteiger partial charge in [-0.15, -0.1) is 0 Å². The van der Waals surface area contributed by atoms with Crippen LogP contribution in [-0.4, -0.2) is 34.1 Å². The number of benzene rings is 3. The number of ether oxygens (including phenoxy) is 2. The number of carbonyl (C=O) groups excluding carboxylic acids is 1. The van der Waals surface area contributed by atoms with E-state index in [2.05, 4.69) is 17.4 Å². The molecule has 0 unspecified atom stereocenters. The Bertz CT molecular complexity index is 1410.